The van der Waals surface area contributed by atoms with Gasteiger partial charge in [0.1, 0.15) is 5.01 Å². The molecule has 4 nitrogen and oxygen atoms in total. The number of nitrogens with one attached hydrogen (secondary N) is 2. The second-order valence-corrected chi connectivity index (χ2v) is 7.59. The summed E-state index contributed by atoms with van der Waals surface area (Å²) in [5.41, 5.74) is 1.10. The van der Waals surface area contributed by atoms with Crippen LogP contribution in [-0.2, 0) is 13.1 Å². The molecule has 0 spiro atoms. The molecule has 0 atom stereocenters. The van der Waals surface area contributed by atoms with Gasteiger partial charge in [0.25, 0.3) is 0 Å². The number of aromatic nitrogens is 1. The number of thiophene rings is 1. The Balaban J connectivity index is 1.94. The van der Waals surface area contributed by atoms with Crippen LogP contribution in [0.2, 0.25) is 4.34 Å². The lowest BCUT2D eigenvalue weighted by Gasteiger charge is -2.09. The van der Waals surface area contributed by atoms with Crippen LogP contribution in [0.15, 0.2) is 17.1 Å². The smallest absolute Gasteiger partial charge is 0.191 e. The van der Waals surface area contributed by atoms with Gasteiger partial charge in [0.05, 0.1) is 23.1 Å². The second kappa shape index (κ2) is 7.77. The van der Waals surface area contributed by atoms with Gasteiger partial charge >= 0.3 is 0 Å². The number of rotatable bonds is 5. The molecule has 114 valence electrons. The standard InChI is InChI=1S/C14H19ClN4S2/c1-4-16-14(17-7-11-5-6-12(15)21-11)18-8-13-19-9(2)10(3)20-13/h5-6H,4,7-8H2,1-3H3,(H2,16,17,18). The number of halogens is 1. The van der Waals surface area contributed by atoms with Crippen LogP contribution in [-0.4, -0.2) is 17.5 Å². The number of hydrogen-bond acceptors (Lipinski definition) is 4. The third kappa shape index (κ3) is 4.98. The number of thiazole rings is 1. The molecule has 21 heavy (non-hydrogen) atoms. The molecule has 2 rings (SSSR count). The third-order valence-corrected chi connectivity index (χ3v) is 5.13. The first-order chi connectivity index (χ1) is 10.1. The molecule has 0 fully saturated rings. The lowest BCUT2D eigenvalue weighted by molar-refractivity contribution is 0.811. The van der Waals surface area contributed by atoms with Crippen molar-refractivity contribution < 1.29 is 0 Å². The predicted octanol–water partition coefficient (Wildman–Crippen LogP) is 3.73. The molecule has 2 heterocycles. The highest BCUT2D eigenvalue weighted by molar-refractivity contribution is 7.16. The van der Waals surface area contributed by atoms with Crippen molar-refractivity contribution in [1.29, 1.82) is 0 Å². The van der Waals surface area contributed by atoms with E-state index in [1.807, 2.05) is 19.1 Å². The van der Waals surface area contributed by atoms with Crippen molar-refractivity contribution in [1.82, 2.24) is 15.6 Å². The zero-order valence-corrected chi connectivity index (χ0v) is 14.8. The van der Waals surface area contributed by atoms with Gasteiger partial charge in [-0.15, -0.1) is 22.7 Å². The topological polar surface area (TPSA) is 49.3 Å². The minimum absolute atomic E-state index is 0.628. The van der Waals surface area contributed by atoms with Gasteiger partial charge in [-0.3, -0.25) is 0 Å². The molecule has 7 heteroatoms. The fourth-order valence-electron chi connectivity index (χ4n) is 1.71. The van der Waals surface area contributed by atoms with Gasteiger partial charge in [-0.1, -0.05) is 11.6 Å². The van der Waals surface area contributed by atoms with E-state index in [0.717, 1.165) is 32.4 Å². The zero-order valence-electron chi connectivity index (χ0n) is 12.4. The maximum Gasteiger partial charge on any atom is 0.191 e. The highest BCUT2D eigenvalue weighted by atomic mass is 35.5. The number of hydrogen-bond donors (Lipinski definition) is 2. The summed E-state index contributed by atoms with van der Waals surface area (Å²) in [4.78, 5) is 11.5. The van der Waals surface area contributed by atoms with Crippen molar-refractivity contribution in [3.8, 4) is 0 Å². The van der Waals surface area contributed by atoms with Crippen LogP contribution in [0.3, 0.4) is 0 Å². The SMILES string of the molecule is CCNC(=NCc1ccc(Cl)s1)NCc1nc(C)c(C)s1. The molecule has 0 amide bonds. The first-order valence-corrected chi connectivity index (χ1v) is 8.79. The van der Waals surface area contributed by atoms with Crippen molar-refractivity contribution in [3.05, 3.63) is 36.9 Å². The summed E-state index contributed by atoms with van der Waals surface area (Å²) in [5.74, 6) is 0.799. The summed E-state index contributed by atoms with van der Waals surface area (Å²) in [6, 6.07) is 3.91. The van der Waals surface area contributed by atoms with Gasteiger partial charge in [-0.25, -0.2) is 9.98 Å². The van der Waals surface area contributed by atoms with Gasteiger partial charge in [-0.05, 0) is 32.9 Å². The summed E-state index contributed by atoms with van der Waals surface area (Å²) in [6.45, 7) is 8.33. The van der Waals surface area contributed by atoms with Crippen LogP contribution in [0.5, 0.6) is 0 Å². The third-order valence-electron chi connectivity index (χ3n) is 2.85. The predicted molar refractivity (Wildman–Crippen MR) is 92.6 cm³/mol. The number of guanidine groups is 1. The zero-order chi connectivity index (χ0) is 15.2. The fourth-order valence-corrected chi connectivity index (χ4v) is 3.60. The Morgan fingerprint density at radius 1 is 1.29 bits per heavy atom. The summed E-state index contributed by atoms with van der Waals surface area (Å²) in [7, 11) is 0. The van der Waals surface area contributed by atoms with E-state index in [9.17, 15) is 0 Å². The van der Waals surface area contributed by atoms with Crippen molar-refractivity contribution >= 4 is 40.2 Å². The van der Waals surface area contributed by atoms with Gasteiger partial charge in [0.2, 0.25) is 0 Å². The fraction of sp³-hybridized carbons (Fsp3) is 0.429. The Morgan fingerprint density at radius 2 is 2.10 bits per heavy atom. The van der Waals surface area contributed by atoms with Crippen LogP contribution in [0.25, 0.3) is 0 Å². The first-order valence-electron chi connectivity index (χ1n) is 6.77. The maximum atomic E-state index is 5.93. The maximum absolute atomic E-state index is 5.93. The first kappa shape index (κ1) is 16.3. The molecule has 2 N–H and O–H groups in total. The lowest BCUT2D eigenvalue weighted by Crippen LogP contribution is -2.36. The minimum Gasteiger partial charge on any atom is -0.357 e. The Bertz CT molecular complexity index is 599. The molecule has 0 aromatic carbocycles. The van der Waals surface area contributed by atoms with Crippen molar-refractivity contribution in [2.45, 2.75) is 33.9 Å². The highest BCUT2D eigenvalue weighted by Crippen LogP contribution is 2.21. The van der Waals surface area contributed by atoms with Gasteiger partial charge in [-0.2, -0.15) is 0 Å². The van der Waals surface area contributed by atoms with Crippen LogP contribution >= 0.6 is 34.3 Å². The highest BCUT2D eigenvalue weighted by Gasteiger charge is 2.05. The normalized spacial score (nSPS) is 11.7. The molecular weight excluding hydrogens is 324 g/mol. The lowest BCUT2D eigenvalue weighted by atomic mass is 10.4. The van der Waals surface area contributed by atoms with Gasteiger partial charge in [0, 0.05) is 16.3 Å². The molecule has 0 aliphatic heterocycles. The Morgan fingerprint density at radius 3 is 2.67 bits per heavy atom. The van der Waals surface area contributed by atoms with Crippen LogP contribution < -0.4 is 10.6 Å². The molecule has 0 saturated heterocycles. The number of aryl methyl sites for hydroxylation is 2. The molecule has 0 aliphatic carbocycles. The van der Waals surface area contributed by atoms with E-state index < -0.39 is 0 Å². The van der Waals surface area contributed by atoms with Crippen LogP contribution in [0.1, 0.15) is 27.4 Å². The van der Waals surface area contributed by atoms with Crippen LogP contribution in [0.4, 0.5) is 0 Å². The van der Waals surface area contributed by atoms with E-state index in [2.05, 4.69) is 34.5 Å². The van der Waals surface area contributed by atoms with Gasteiger partial charge in [0.15, 0.2) is 5.96 Å². The minimum atomic E-state index is 0.628. The monoisotopic (exact) mass is 342 g/mol. The van der Waals surface area contributed by atoms with E-state index in [4.69, 9.17) is 11.6 Å². The molecule has 0 saturated carbocycles. The molecule has 0 bridgehead atoms. The van der Waals surface area contributed by atoms with E-state index >= 15 is 0 Å². The summed E-state index contributed by atoms with van der Waals surface area (Å²) in [5, 5.41) is 7.63. The number of aliphatic imine (C=N–C) groups is 1. The second-order valence-electron chi connectivity index (χ2n) is 4.50. The number of nitrogens with zero attached hydrogens (tertiary/aromatic N) is 2. The molecule has 2 aromatic heterocycles. The Kier molecular flexibility index (Phi) is 6.02. The van der Waals surface area contributed by atoms with Crippen molar-refractivity contribution in [2.75, 3.05) is 6.54 Å². The Labute approximate surface area is 138 Å². The van der Waals surface area contributed by atoms with E-state index in [1.54, 1.807) is 22.7 Å². The van der Waals surface area contributed by atoms with Crippen molar-refractivity contribution in [2.24, 2.45) is 4.99 Å². The van der Waals surface area contributed by atoms with E-state index in [-0.39, 0.29) is 0 Å². The average molecular weight is 343 g/mol. The van der Waals surface area contributed by atoms with E-state index in [1.165, 1.54) is 4.88 Å². The molecule has 0 unspecified atom stereocenters. The molecular formula is C14H19ClN4S2. The molecule has 0 radical (unpaired) electrons. The molecule has 0 aliphatic rings. The molecule has 2 aromatic rings. The average Bonchev–Trinajstić information content (AvgIpc) is 3.00. The van der Waals surface area contributed by atoms with Gasteiger partial charge < -0.3 is 10.6 Å². The van der Waals surface area contributed by atoms with E-state index in [0.29, 0.717) is 13.1 Å². The summed E-state index contributed by atoms with van der Waals surface area (Å²) >= 11 is 9.21. The Hall–Kier alpha value is -1.11. The largest absolute Gasteiger partial charge is 0.357 e. The summed E-state index contributed by atoms with van der Waals surface area (Å²) in [6.07, 6.45) is 0. The van der Waals surface area contributed by atoms with Crippen molar-refractivity contribution in [3.63, 3.8) is 0 Å². The quantitative estimate of drug-likeness (QED) is 0.643. The summed E-state index contributed by atoms with van der Waals surface area (Å²) < 4.78 is 0.798. The van der Waals surface area contributed by atoms with Crippen LogP contribution in [0, 0.1) is 13.8 Å².